The van der Waals surface area contributed by atoms with E-state index in [1.165, 1.54) is 37.2 Å². The van der Waals surface area contributed by atoms with Crippen LogP contribution in [0.3, 0.4) is 0 Å². The van der Waals surface area contributed by atoms with Gasteiger partial charge < -0.3 is 29.7 Å². The molecule has 36 heavy (non-hydrogen) atoms. The first-order chi connectivity index (χ1) is 17.8. The molecule has 0 unspecified atom stereocenters. The van der Waals surface area contributed by atoms with Gasteiger partial charge in [-0.3, -0.25) is 4.90 Å². The summed E-state index contributed by atoms with van der Waals surface area (Å²) in [5.74, 6) is 2.42. The molecular weight excluding hydrogens is 454 g/mol. The first-order valence-corrected chi connectivity index (χ1v) is 13.7. The fraction of sp³-hybridized carbons (Fsp3) is 0.607. The number of rotatable bonds is 3. The summed E-state index contributed by atoms with van der Waals surface area (Å²) < 4.78 is 18.3. The van der Waals surface area contributed by atoms with Crippen molar-refractivity contribution < 1.29 is 14.2 Å². The maximum Gasteiger partial charge on any atom is 0.143 e. The second-order valence-corrected chi connectivity index (χ2v) is 11.0. The van der Waals surface area contributed by atoms with Crippen LogP contribution in [0.4, 0.5) is 17.2 Å². The SMILES string of the molecule is c1cc(N2CCOC3(CCOCC3)C2)c2c(n1)Nc1cc(C3CCN(C4CNC4)CC3)ccc1OC2. The van der Waals surface area contributed by atoms with Gasteiger partial charge in [-0.05, 0) is 55.6 Å². The number of likely N-dealkylation sites (tertiary alicyclic amines) is 1. The van der Waals surface area contributed by atoms with E-state index in [4.69, 9.17) is 19.2 Å². The van der Waals surface area contributed by atoms with Gasteiger partial charge in [0.25, 0.3) is 0 Å². The van der Waals surface area contributed by atoms with Gasteiger partial charge in [0.05, 0.1) is 23.5 Å². The summed E-state index contributed by atoms with van der Waals surface area (Å²) in [4.78, 5) is 9.87. The Balaban J connectivity index is 1.10. The molecule has 1 aromatic carbocycles. The van der Waals surface area contributed by atoms with Gasteiger partial charge in [0.15, 0.2) is 0 Å². The fourth-order valence-corrected chi connectivity index (χ4v) is 6.56. The van der Waals surface area contributed by atoms with Crippen molar-refractivity contribution in [2.45, 2.75) is 49.9 Å². The van der Waals surface area contributed by atoms with Crippen molar-refractivity contribution in [3.05, 3.63) is 41.6 Å². The van der Waals surface area contributed by atoms with Gasteiger partial charge in [0, 0.05) is 70.2 Å². The highest BCUT2D eigenvalue weighted by Gasteiger charge is 2.39. The maximum atomic E-state index is 6.36. The molecule has 192 valence electrons. The second kappa shape index (κ2) is 9.49. The fourth-order valence-electron chi connectivity index (χ4n) is 6.56. The molecule has 0 atom stereocenters. The molecule has 0 saturated carbocycles. The molecule has 0 radical (unpaired) electrons. The van der Waals surface area contributed by atoms with E-state index in [2.05, 4.69) is 44.7 Å². The zero-order valence-electron chi connectivity index (χ0n) is 21.0. The highest BCUT2D eigenvalue weighted by molar-refractivity contribution is 5.73. The molecule has 7 rings (SSSR count). The summed E-state index contributed by atoms with van der Waals surface area (Å²) in [5, 5.41) is 7.05. The Kier molecular flexibility index (Phi) is 6.00. The number of benzene rings is 1. The van der Waals surface area contributed by atoms with E-state index < -0.39 is 0 Å². The van der Waals surface area contributed by atoms with Crippen LogP contribution in [0.25, 0.3) is 0 Å². The molecule has 4 fully saturated rings. The van der Waals surface area contributed by atoms with E-state index in [-0.39, 0.29) is 5.60 Å². The molecular formula is C28H37N5O3. The zero-order valence-corrected chi connectivity index (χ0v) is 21.0. The molecule has 5 aliphatic heterocycles. The Morgan fingerprint density at radius 1 is 1.00 bits per heavy atom. The minimum atomic E-state index is -0.103. The number of hydrogen-bond acceptors (Lipinski definition) is 8. The van der Waals surface area contributed by atoms with Crippen LogP contribution in [-0.2, 0) is 16.1 Å². The Labute approximate surface area is 213 Å². The van der Waals surface area contributed by atoms with E-state index in [1.807, 2.05) is 6.20 Å². The minimum absolute atomic E-state index is 0.103. The van der Waals surface area contributed by atoms with Gasteiger partial charge in [-0.25, -0.2) is 4.98 Å². The van der Waals surface area contributed by atoms with Crippen molar-refractivity contribution in [2.24, 2.45) is 0 Å². The number of fused-ring (bicyclic) bond motifs is 2. The van der Waals surface area contributed by atoms with E-state index >= 15 is 0 Å². The lowest BCUT2D eigenvalue weighted by molar-refractivity contribution is -0.116. The maximum absolute atomic E-state index is 6.36. The predicted octanol–water partition coefficient (Wildman–Crippen LogP) is 3.25. The first-order valence-electron chi connectivity index (χ1n) is 13.7. The monoisotopic (exact) mass is 491 g/mol. The summed E-state index contributed by atoms with van der Waals surface area (Å²) in [5.41, 5.74) is 4.66. The number of pyridine rings is 1. The van der Waals surface area contributed by atoms with Crippen LogP contribution in [0, 0.1) is 0 Å². The van der Waals surface area contributed by atoms with Crippen LogP contribution in [0.2, 0.25) is 0 Å². The van der Waals surface area contributed by atoms with Crippen LogP contribution >= 0.6 is 0 Å². The number of ether oxygens (including phenoxy) is 3. The first kappa shape index (κ1) is 22.8. The number of nitrogens with zero attached hydrogens (tertiary/aromatic N) is 3. The number of morpholine rings is 1. The van der Waals surface area contributed by atoms with Crippen LogP contribution < -0.4 is 20.3 Å². The van der Waals surface area contributed by atoms with Crippen molar-refractivity contribution in [3.8, 4) is 5.75 Å². The molecule has 1 aromatic heterocycles. The molecule has 2 N–H and O–H groups in total. The second-order valence-electron chi connectivity index (χ2n) is 11.0. The quantitative estimate of drug-likeness (QED) is 0.678. The van der Waals surface area contributed by atoms with Gasteiger partial charge in [0.1, 0.15) is 18.2 Å². The third-order valence-corrected chi connectivity index (χ3v) is 8.93. The van der Waals surface area contributed by atoms with Crippen LogP contribution in [-0.4, -0.2) is 80.6 Å². The molecule has 0 bridgehead atoms. The Bertz CT molecular complexity index is 1090. The lowest BCUT2D eigenvalue weighted by Gasteiger charge is -2.46. The molecule has 6 heterocycles. The van der Waals surface area contributed by atoms with Crippen molar-refractivity contribution in [3.63, 3.8) is 0 Å². The molecule has 0 amide bonds. The van der Waals surface area contributed by atoms with Gasteiger partial charge in [-0.1, -0.05) is 6.07 Å². The van der Waals surface area contributed by atoms with Gasteiger partial charge in [-0.15, -0.1) is 0 Å². The number of anilines is 3. The average Bonchev–Trinajstić information content (AvgIpc) is 3.07. The summed E-state index contributed by atoms with van der Waals surface area (Å²) >= 11 is 0. The van der Waals surface area contributed by atoms with Gasteiger partial charge >= 0.3 is 0 Å². The van der Waals surface area contributed by atoms with Crippen molar-refractivity contribution in [1.29, 1.82) is 0 Å². The number of hydrogen-bond donors (Lipinski definition) is 2. The molecule has 8 nitrogen and oxygen atoms in total. The average molecular weight is 492 g/mol. The highest BCUT2D eigenvalue weighted by Crippen LogP contribution is 2.41. The topological polar surface area (TPSA) is 71.1 Å². The lowest BCUT2D eigenvalue weighted by atomic mass is 9.88. The Morgan fingerprint density at radius 3 is 2.67 bits per heavy atom. The number of aromatic nitrogens is 1. The number of piperidine rings is 1. The Morgan fingerprint density at radius 2 is 1.86 bits per heavy atom. The van der Waals surface area contributed by atoms with E-state index in [0.29, 0.717) is 12.5 Å². The molecule has 2 aromatic rings. The van der Waals surface area contributed by atoms with Crippen molar-refractivity contribution >= 4 is 17.2 Å². The molecule has 0 aliphatic carbocycles. The largest absolute Gasteiger partial charge is 0.487 e. The zero-order chi connectivity index (χ0) is 24.0. The van der Waals surface area contributed by atoms with E-state index in [1.54, 1.807) is 0 Å². The summed E-state index contributed by atoms with van der Waals surface area (Å²) in [6, 6.07) is 9.60. The van der Waals surface area contributed by atoms with Gasteiger partial charge in [0.2, 0.25) is 0 Å². The standard InChI is InChI=1S/C28H37N5O3/c1-2-26-24(15-21(1)20-4-9-32(10-5-20)22-16-29-17-22)31-27-23(18-35-26)25(3-8-30-27)33-11-14-36-28(19-33)6-12-34-13-7-28/h1-3,8,15,20,22,29H,4-7,9-14,16-19H2,(H,30,31). The molecule has 5 aliphatic rings. The van der Waals surface area contributed by atoms with Crippen molar-refractivity contribution in [2.75, 3.05) is 69.3 Å². The van der Waals surface area contributed by atoms with Crippen LogP contribution in [0.1, 0.15) is 42.7 Å². The normalized spacial score (nSPS) is 24.7. The summed E-state index contributed by atoms with van der Waals surface area (Å²) in [6.07, 6.45) is 6.28. The van der Waals surface area contributed by atoms with E-state index in [9.17, 15) is 0 Å². The van der Waals surface area contributed by atoms with E-state index in [0.717, 1.165) is 87.7 Å². The minimum Gasteiger partial charge on any atom is -0.487 e. The van der Waals surface area contributed by atoms with Gasteiger partial charge in [-0.2, -0.15) is 0 Å². The summed E-state index contributed by atoms with van der Waals surface area (Å²) in [7, 11) is 0. The predicted molar refractivity (Wildman–Crippen MR) is 139 cm³/mol. The molecule has 1 spiro atoms. The third-order valence-electron chi connectivity index (χ3n) is 8.93. The van der Waals surface area contributed by atoms with Crippen LogP contribution in [0.5, 0.6) is 5.75 Å². The number of nitrogens with one attached hydrogen (secondary N) is 2. The highest BCUT2D eigenvalue weighted by atomic mass is 16.5. The molecule has 8 heteroatoms. The van der Waals surface area contributed by atoms with Crippen molar-refractivity contribution in [1.82, 2.24) is 15.2 Å². The third kappa shape index (κ3) is 4.24. The lowest BCUT2D eigenvalue weighted by Crippen LogP contribution is -2.58. The molecule has 4 saturated heterocycles. The summed E-state index contributed by atoms with van der Waals surface area (Å²) in [6.45, 7) is 9.27. The van der Waals surface area contributed by atoms with Crippen LogP contribution in [0.15, 0.2) is 30.5 Å². The Hall–Kier alpha value is -2.39. The smallest absolute Gasteiger partial charge is 0.143 e.